The highest BCUT2D eigenvalue weighted by Crippen LogP contribution is 2.45. The van der Waals surface area contributed by atoms with E-state index in [-0.39, 0.29) is 67.0 Å². The van der Waals surface area contributed by atoms with Crippen molar-refractivity contribution in [1.29, 1.82) is 0 Å². The van der Waals surface area contributed by atoms with Crippen molar-refractivity contribution in [2.24, 2.45) is 5.92 Å². The monoisotopic (exact) mass is 1120 g/mol. The van der Waals surface area contributed by atoms with Crippen molar-refractivity contribution in [2.45, 2.75) is 109 Å². The third kappa shape index (κ3) is 10.7. The number of amides is 2. The van der Waals surface area contributed by atoms with E-state index >= 15 is 4.39 Å². The minimum absolute atomic E-state index is 0.00535. The molecule has 4 saturated heterocycles. The van der Waals surface area contributed by atoms with E-state index < -0.39 is 24.2 Å². The Morgan fingerprint density at radius 1 is 0.951 bits per heavy atom. The average molecular weight is 1120 g/mol. The number of pyridine rings is 2. The molecule has 6 atom stereocenters. The van der Waals surface area contributed by atoms with Crippen LogP contribution in [0.15, 0.2) is 104 Å². The molecule has 18 nitrogen and oxygen atoms in total. The van der Waals surface area contributed by atoms with Crippen LogP contribution in [0.1, 0.15) is 82.2 Å². The number of carbonyl (C=O) groups is 2. The van der Waals surface area contributed by atoms with Gasteiger partial charge in [-0.1, -0.05) is 92.2 Å². The molecule has 0 aliphatic carbocycles. The standard InChI is InChI=1S/C61H63ClFN11O7/c1-5-45-49(63)17-16-39-23-42(75)25-46(52(39)45)54-57(55-47(28-66-54)58(72-29-40-24-41(72)27-65-40)69-61(68-55)81-44-18-21-79-22-19-44)80-32-35-8-10-37(11-9-35)50-31-74(71-70-50)56(33(2)3)60(78)73-30-43(76)26-51(73)59(77)67-34(4)36-12-14-38(15-13-36)53-48(62)7-6-20-64-53/h6-17,20,23,25,28,31,33-34,40-41,43-44,51,56,65,75-76H,5,18-19,21-22,24,26-27,29-30,32H2,1-4H3,(H,67,77)/t34-,40-,41-,43+,51-,56-/m0/s1. The van der Waals surface area contributed by atoms with E-state index in [9.17, 15) is 19.8 Å². The summed E-state index contributed by atoms with van der Waals surface area (Å²) in [7, 11) is 0. The number of anilines is 1. The summed E-state index contributed by atoms with van der Waals surface area (Å²) in [4.78, 5) is 51.9. The van der Waals surface area contributed by atoms with Crippen LogP contribution in [0.25, 0.3) is 55.4 Å². The van der Waals surface area contributed by atoms with Gasteiger partial charge >= 0.3 is 6.01 Å². The van der Waals surface area contributed by atoms with Crippen molar-refractivity contribution in [3.63, 3.8) is 0 Å². The van der Waals surface area contributed by atoms with Crippen molar-refractivity contribution < 1.29 is 38.4 Å². The van der Waals surface area contributed by atoms with Gasteiger partial charge in [0.25, 0.3) is 0 Å². The summed E-state index contributed by atoms with van der Waals surface area (Å²) in [6.45, 7) is 10.4. The van der Waals surface area contributed by atoms with E-state index in [1.54, 1.807) is 48.9 Å². The van der Waals surface area contributed by atoms with Crippen LogP contribution >= 0.6 is 11.6 Å². The van der Waals surface area contributed by atoms with E-state index in [1.165, 1.54) is 15.6 Å². The normalized spacial score (nSPS) is 19.9. The Morgan fingerprint density at radius 3 is 2.47 bits per heavy atom. The van der Waals surface area contributed by atoms with E-state index in [1.807, 2.05) is 76.2 Å². The molecule has 4 N–H and O–H groups in total. The number of ether oxygens (including phenoxy) is 3. The van der Waals surface area contributed by atoms with Gasteiger partial charge in [0, 0.05) is 80.1 Å². The topological polar surface area (TPSA) is 215 Å². The van der Waals surface area contributed by atoms with E-state index in [0.29, 0.717) is 105 Å². The number of aliphatic hydroxyl groups excluding tert-OH is 1. The van der Waals surface area contributed by atoms with Gasteiger partial charge in [-0.2, -0.15) is 9.97 Å². The molecule has 2 amide bonds. The summed E-state index contributed by atoms with van der Waals surface area (Å²) < 4.78 is 36.4. The number of nitrogens with one attached hydrogen (secondary N) is 2. The molecule has 418 valence electrons. The van der Waals surface area contributed by atoms with Gasteiger partial charge in [-0.15, -0.1) is 5.10 Å². The van der Waals surface area contributed by atoms with Gasteiger partial charge in [-0.05, 0) is 83.5 Å². The molecule has 20 heteroatoms. The van der Waals surface area contributed by atoms with Crippen LogP contribution < -0.4 is 25.0 Å². The molecule has 4 aromatic carbocycles. The molecule has 81 heavy (non-hydrogen) atoms. The zero-order chi connectivity index (χ0) is 56.1. The second kappa shape index (κ2) is 22.6. The summed E-state index contributed by atoms with van der Waals surface area (Å²) in [5.74, 6) is -0.336. The van der Waals surface area contributed by atoms with Crippen molar-refractivity contribution >= 4 is 50.9 Å². The summed E-state index contributed by atoms with van der Waals surface area (Å²) in [6, 6.07) is 23.7. The SMILES string of the molecule is CCc1c(F)ccc2cc(O)cc(-c3ncc4c(N5C[C@@H]6C[C@H]5CN6)nc(OC5CCOCC5)nc4c3OCc3ccc(-c4cn([C@H](C(=O)N5C[C@H](O)C[C@H]5C(=O)N[C@@H](C)c5ccc(-c6ncccc6Cl)cc5)C(C)C)nn4)cc3)c12. The van der Waals surface area contributed by atoms with Gasteiger partial charge in [0.2, 0.25) is 11.8 Å². The fourth-order valence-electron chi connectivity index (χ4n) is 12.0. The number of β-amino-alcohol motifs (C(OH)–C–C–N with tert-alkyl or cyclic N) is 1. The number of hydrogen-bond acceptors (Lipinski definition) is 15. The Kier molecular flexibility index (Phi) is 15.0. The van der Waals surface area contributed by atoms with Gasteiger partial charge in [0.1, 0.15) is 59.1 Å². The first-order valence-electron chi connectivity index (χ1n) is 27.8. The Morgan fingerprint density at radius 2 is 1.74 bits per heavy atom. The summed E-state index contributed by atoms with van der Waals surface area (Å²) in [5, 5.41) is 40.2. The Bertz CT molecular complexity index is 3660. The maximum Gasteiger partial charge on any atom is 0.319 e. The van der Waals surface area contributed by atoms with Crippen LogP contribution in [0.5, 0.6) is 17.5 Å². The molecular weight excluding hydrogens is 1050 g/mol. The summed E-state index contributed by atoms with van der Waals surface area (Å²) in [5.41, 5.74) is 6.21. The number of rotatable bonds is 16. The molecule has 8 heterocycles. The van der Waals surface area contributed by atoms with Crippen molar-refractivity contribution in [3.05, 3.63) is 131 Å². The third-order valence-corrected chi connectivity index (χ3v) is 16.5. The lowest BCUT2D eigenvalue weighted by atomic mass is 9.94. The van der Waals surface area contributed by atoms with Crippen LogP contribution in [-0.4, -0.2) is 125 Å². The summed E-state index contributed by atoms with van der Waals surface area (Å²) >= 11 is 6.38. The highest BCUT2D eigenvalue weighted by atomic mass is 35.5. The summed E-state index contributed by atoms with van der Waals surface area (Å²) in [6.07, 6.45) is 6.96. The molecule has 12 rings (SSSR count). The lowest BCUT2D eigenvalue weighted by molar-refractivity contribution is -0.142. The van der Waals surface area contributed by atoms with Crippen LogP contribution in [0.3, 0.4) is 0 Å². The van der Waals surface area contributed by atoms with Crippen molar-refractivity contribution in [3.8, 4) is 51.3 Å². The molecule has 0 unspecified atom stereocenters. The zero-order valence-corrected chi connectivity index (χ0v) is 46.2. The largest absolute Gasteiger partial charge is 0.508 e. The molecule has 4 aliphatic heterocycles. The molecule has 4 fully saturated rings. The van der Waals surface area contributed by atoms with Crippen LogP contribution in [-0.2, 0) is 27.4 Å². The predicted molar refractivity (Wildman–Crippen MR) is 304 cm³/mol. The molecule has 0 radical (unpaired) electrons. The molecule has 4 aliphatic rings. The van der Waals surface area contributed by atoms with Crippen LogP contribution in [0.2, 0.25) is 5.02 Å². The maximum atomic E-state index is 15.7. The van der Waals surface area contributed by atoms with Crippen LogP contribution in [0.4, 0.5) is 10.2 Å². The number of aliphatic hydroxyl groups is 1. The third-order valence-electron chi connectivity index (χ3n) is 16.2. The quantitative estimate of drug-likeness (QED) is 0.0711. The number of piperazine rings is 1. The molecule has 8 aromatic rings. The minimum atomic E-state index is -0.906. The Labute approximate surface area is 472 Å². The molecule has 2 bridgehead atoms. The smallest absolute Gasteiger partial charge is 0.319 e. The van der Waals surface area contributed by atoms with Crippen LogP contribution in [0, 0.1) is 11.7 Å². The number of halogens is 2. The number of phenolic OH excluding ortho intramolecular Hbond substituents is 1. The number of fused-ring (bicyclic) bond motifs is 4. The van der Waals surface area contributed by atoms with Gasteiger partial charge < -0.3 is 44.9 Å². The second-order valence-electron chi connectivity index (χ2n) is 21.9. The number of hydrogen-bond donors (Lipinski definition) is 4. The highest BCUT2D eigenvalue weighted by Gasteiger charge is 2.44. The van der Waals surface area contributed by atoms with Gasteiger partial charge in [-0.3, -0.25) is 19.6 Å². The number of aryl methyl sites for hydroxylation is 1. The van der Waals surface area contributed by atoms with Gasteiger partial charge in [0.05, 0.1) is 47.7 Å². The zero-order valence-electron chi connectivity index (χ0n) is 45.4. The lowest BCUT2D eigenvalue weighted by Crippen LogP contribution is -2.49. The predicted octanol–water partition coefficient (Wildman–Crippen LogP) is 8.95. The number of aromatic hydroxyl groups is 1. The maximum absolute atomic E-state index is 15.7. The number of likely N-dealkylation sites (tertiary alicyclic amines) is 1. The molecule has 4 aromatic heterocycles. The highest BCUT2D eigenvalue weighted by molar-refractivity contribution is 6.33. The fraction of sp³-hybridized carbons (Fsp3) is 0.377. The van der Waals surface area contributed by atoms with Crippen molar-refractivity contribution in [1.82, 2.24) is 50.5 Å². The number of aromatic nitrogens is 7. The lowest BCUT2D eigenvalue weighted by Gasteiger charge is -2.30. The first-order chi connectivity index (χ1) is 39.3. The second-order valence-corrected chi connectivity index (χ2v) is 22.3. The number of carbonyl (C=O) groups excluding carboxylic acids is 2. The minimum Gasteiger partial charge on any atom is -0.508 e. The Hall–Kier alpha value is -7.84. The van der Waals surface area contributed by atoms with Gasteiger partial charge in [0.15, 0.2) is 5.75 Å². The average Bonchev–Trinajstić information content (AvgIpc) is 4.40. The molecule has 0 spiro atoms. The fourth-order valence-corrected chi connectivity index (χ4v) is 12.2. The van der Waals surface area contributed by atoms with Gasteiger partial charge in [-0.25, -0.2) is 9.07 Å². The first kappa shape index (κ1) is 53.8. The van der Waals surface area contributed by atoms with E-state index in [0.717, 1.165) is 41.8 Å². The number of benzene rings is 4. The van der Waals surface area contributed by atoms with E-state index in [4.69, 9.17) is 40.8 Å². The van der Waals surface area contributed by atoms with E-state index in [2.05, 4.69) is 30.8 Å². The van der Waals surface area contributed by atoms with Crippen molar-refractivity contribution in [2.75, 3.05) is 37.7 Å². The number of phenols is 1. The molecule has 0 saturated carbocycles. The first-order valence-corrected chi connectivity index (χ1v) is 28.2. The molecular formula is C61H63ClFN11O7. The number of nitrogens with zero attached hydrogens (tertiary/aromatic N) is 9. The Balaban J connectivity index is 0.813.